The van der Waals surface area contributed by atoms with Gasteiger partial charge in [-0.3, -0.25) is 4.90 Å². The molecule has 0 amide bonds. The molecule has 0 aromatic heterocycles. The first-order valence-corrected chi connectivity index (χ1v) is 8.55. The van der Waals surface area contributed by atoms with E-state index in [9.17, 15) is 5.11 Å². The van der Waals surface area contributed by atoms with Gasteiger partial charge in [-0.1, -0.05) is 30.3 Å². The SMILES string of the molecule is CSc1cc2c(cc1O)CC(c1ccccc1)N(C)CC2. The number of likely N-dealkylation sites (N-methyl/N-ethyl adjacent to an activating group) is 1. The Labute approximate surface area is 130 Å². The van der Waals surface area contributed by atoms with E-state index in [-0.39, 0.29) is 0 Å². The molecule has 21 heavy (non-hydrogen) atoms. The summed E-state index contributed by atoms with van der Waals surface area (Å²) in [6.45, 7) is 1.05. The number of hydrogen-bond acceptors (Lipinski definition) is 3. The van der Waals surface area contributed by atoms with Crippen LogP contribution in [0.15, 0.2) is 47.4 Å². The molecular formula is C18H21NOS. The molecule has 3 heteroatoms. The Morgan fingerprint density at radius 3 is 2.62 bits per heavy atom. The molecule has 3 rings (SSSR count). The van der Waals surface area contributed by atoms with Crippen LogP contribution >= 0.6 is 11.8 Å². The van der Waals surface area contributed by atoms with Gasteiger partial charge in [0.25, 0.3) is 0 Å². The summed E-state index contributed by atoms with van der Waals surface area (Å²) in [5.41, 5.74) is 4.01. The van der Waals surface area contributed by atoms with E-state index in [1.807, 2.05) is 12.3 Å². The van der Waals surface area contributed by atoms with Crippen molar-refractivity contribution in [2.75, 3.05) is 19.8 Å². The number of fused-ring (bicyclic) bond motifs is 1. The van der Waals surface area contributed by atoms with Crippen LogP contribution < -0.4 is 0 Å². The third-order valence-corrected chi connectivity index (χ3v) is 5.13. The Balaban J connectivity index is 1.98. The Morgan fingerprint density at radius 2 is 1.90 bits per heavy atom. The van der Waals surface area contributed by atoms with Crippen LogP contribution in [-0.2, 0) is 12.8 Å². The highest BCUT2D eigenvalue weighted by molar-refractivity contribution is 7.98. The maximum Gasteiger partial charge on any atom is 0.129 e. The van der Waals surface area contributed by atoms with E-state index in [1.54, 1.807) is 11.8 Å². The molecule has 0 saturated carbocycles. The highest BCUT2D eigenvalue weighted by Gasteiger charge is 2.23. The Bertz CT molecular complexity index is 627. The van der Waals surface area contributed by atoms with Crippen LogP contribution in [0, 0.1) is 0 Å². The van der Waals surface area contributed by atoms with Gasteiger partial charge in [0.05, 0.1) is 0 Å². The fraction of sp³-hybridized carbons (Fsp3) is 0.333. The molecule has 2 aromatic rings. The molecule has 1 aliphatic heterocycles. The molecule has 0 aliphatic carbocycles. The van der Waals surface area contributed by atoms with E-state index in [2.05, 4.69) is 48.3 Å². The summed E-state index contributed by atoms with van der Waals surface area (Å²) < 4.78 is 0. The fourth-order valence-corrected chi connectivity index (χ4v) is 3.63. The highest BCUT2D eigenvalue weighted by atomic mass is 32.2. The van der Waals surface area contributed by atoms with Crippen LogP contribution in [0.25, 0.3) is 0 Å². The molecule has 0 bridgehead atoms. The smallest absolute Gasteiger partial charge is 0.129 e. The summed E-state index contributed by atoms with van der Waals surface area (Å²) in [5.74, 6) is 0.414. The third-order valence-electron chi connectivity index (χ3n) is 4.36. The van der Waals surface area contributed by atoms with Gasteiger partial charge >= 0.3 is 0 Å². The van der Waals surface area contributed by atoms with Crippen LogP contribution in [0.2, 0.25) is 0 Å². The summed E-state index contributed by atoms with van der Waals surface area (Å²) in [5, 5.41) is 10.1. The lowest BCUT2D eigenvalue weighted by Gasteiger charge is -2.26. The molecule has 0 saturated heterocycles. The molecule has 2 nitrogen and oxygen atoms in total. The van der Waals surface area contributed by atoms with Crippen LogP contribution in [0.1, 0.15) is 22.7 Å². The highest BCUT2D eigenvalue weighted by Crippen LogP contribution is 2.35. The van der Waals surface area contributed by atoms with Crippen molar-refractivity contribution in [2.45, 2.75) is 23.8 Å². The van der Waals surface area contributed by atoms with Crippen molar-refractivity contribution in [1.29, 1.82) is 0 Å². The van der Waals surface area contributed by atoms with Gasteiger partial charge in [-0.2, -0.15) is 0 Å². The van der Waals surface area contributed by atoms with E-state index in [0.717, 1.165) is 24.3 Å². The lowest BCUT2D eigenvalue weighted by molar-refractivity contribution is 0.254. The molecular weight excluding hydrogens is 278 g/mol. The van der Waals surface area contributed by atoms with Crippen molar-refractivity contribution >= 4 is 11.8 Å². The van der Waals surface area contributed by atoms with E-state index < -0.39 is 0 Å². The molecule has 1 unspecified atom stereocenters. The fourth-order valence-electron chi connectivity index (χ4n) is 3.10. The van der Waals surface area contributed by atoms with E-state index in [4.69, 9.17) is 0 Å². The third kappa shape index (κ3) is 2.94. The second kappa shape index (κ2) is 6.12. The van der Waals surface area contributed by atoms with Gasteiger partial charge in [0.2, 0.25) is 0 Å². The molecule has 0 radical (unpaired) electrons. The monoisotopic (exact) mass is 299 g/mol. The summed E-state index contributed by atoms with van der Waals surface area (Å²) in [6, 6.07) is 15.2. The summed E-state index contributed by atoms with van der Waals surface area (Å²) in [4.78, 5) is 3.40. The maximum absolute atomic E-state index is 10.1. The predicted octanol–water partition coefficient (Wildman–Crippen LogP) is 3.89. The molecule has 1 atom stereocenters. The molecule has 0 fully saturated rings. The first kappa shape index (κ1) is 14.5. The minimum absolute atomic E-state index is 0.381. The van der Waals surface area contributed by atoms with Crippen LogP contribution in [-0.4, -0.2) is 29.9 Å². The first-order valence-electron chi connectivity index (χ1n) is 7.33. The number of phenolic OH excluding ortho intramolecular Hbond substituents is 1. The molecule has 110 valence electrons. The Morgan fingerprint density at radius 1 is 1.14 bits per heavy atom. The lowest BCUT2D eigenvalue weighted by atomic mass is 9.96. The molecule has 0 spiro atoms. The van der Waals surface area contributed by atoms with Crippen molar-refractivity contribution in [3.05, 3.63) is 59.2 Å². The van der Waals surface area contributed by atoms with Gasteiger partial charge in [-0.15, -0.1) is 11.8 Å². The van der Waals surface area contributed by atoms with Gasteiger partial charge < -0.3 is 5.11 Å². The minimum Gasteiger partial charge on any atom is -0.507 e. The number of phenols is 1. The molecule has 2 aromatic carbocycles. The van der Waals surface area contributed by atoms with Gasteiger partial charge in [-0.25, -0.2) is 0 Å². The zero-order valence-electron chi connectivity index (χ0n) is 12.5. The Hall–Kier alpha value is -1.45. The number of aromatic hydroxyl groups is 1. The quantitative estimate of drug-likeness (QED) is 0.851. The number of benzene rings is 2. The van der Waals surface area contributed by atoms with Crippen molar-refractivity contribution < 1.29 is 5.11 Å². The normalized spacial score (nSPS) is 19.0. The van der Waals surface area contributed by atoms with Crippen molar-refractivity contribution in [1.82, 2.24) is 4.90 Å². The van der Waals surface area contributed by atoms with E-state index in [1.165, 1.54) is 16.7 Å². The van der Waals surface area contributed by atoms with Gasteiger partial charge in [0, 0.05) is 17.5 Å². The average molecular weight is 299 g/mol. The zero-order chi connectivity index (χ0) is 14.8. The maximum atomic E-state index is 10.1. The van der Waals surface area contributed by atoms with E-state index in [0.29, 0.717) is 11.8 Å². The van der Waals surface area contributed by atoms with Gasteiger partial charge in [0.1, 0.15) is 5.75 Å². The second-order valence-electron chi connectivity index (χ2n) is 5.65. The average Bonchev–Trinajstić information content (AvgIpc) is 2.67. The number of hydrogen-bond donors (Lipinski definition) is 1. The van der Waals surface area contributed by atoms with Crippen molar-refractivity contribution in [3.8, 4) is 5.75 Å². The van der Waals surface area contributed by atoms with Crippen molar-refractivity contribution in [2.24, 2.45) is 0 Å². The topological polar surface area (TPSA) is 23.5 Å². The van der Waals surface area contributed by atoms with Crippen molar-refractivity contribution in [3.63, 3.8) is 0 Å². The van der Waals surface area contributed by atoms with Crippen LogP contribution in [0.3, 0.4) is 0 Å². The minimum atomic E-state index is 0.381. The standard InChI is InChI=1S/C18H21NOS/c1-19-9-8-14-12-18(21-2)17(20)11-15(14)10-16(19)13-6-4-3-5-7-13/h3-7,11-12,16,20H,8-10H2,1-2H3. The van der Waals surface area contributed by atoms with Crippen LogP contribution in [0.4, 0.5) is 0 Å². The first-order chi connectivity index (χ1) is 10.2. The zero-order valence-corrected chi connectivity index (χ0v) is 13.4. The lowest BCUT2D eigenvalue weighted by Crippen LogP contribution is -2.26. The van der Waals surface area contributed by atoms with Crippen LogP contribution in [0.5, 0.6) is 5.75 Å². The summed E-state index contributed by atoms with van der Waals surface area (Å²) >= 11 is 1.61. The summed E-state index contributed by atoms with van der Waals surface area (Å²) in [7, 11) is 2.19. The molecule has 1 aliphatic rings. The summed E-state index contributed by atoms with van der Waals surface area (Å²) in [6.07, 6.45) is 4.01. The van der Waals surface area contributed by atoms with Gasteiger partial charge in [-0.05, 0) is 55.0 Å². The van der Waals surface area contributed by atoms with Gasteiger partial charge in [0.15, 0.2) is 0 Å². The second-order valence-corrected chi connectivity index (χ2v) is 6.50. The predicted molar refractivity (Wildman–Crippen MR) is 89.1 cm³/mol. The number of thioether (sulfide) groups is 1. The Kier molecular flexibility index (Phi) is 4.22. The number of nitrogens with zero attached hydrogens (tertiary/aromatic N) is 1. The molecule has 1 N–H and O–H groups in total. The number of rotatable bonds is 2. The molecule has 1 heterocycles. The largest absolute Gasteiger partial charge is 0.507 e. The van der Waals surface area contributed by atoms with E-state index >= 15 is 0 Å².